The van der Waals surface area contributed by atoms with Crippen LogP contribution >= 0.6 is 15.9 Å². The van der Waals surface area contributed by atoms with Gasteiger partial charge in [-0.2, -0.15) is 9.29 Å². The maximum absolute atomic E-state index is 13.2. The molecule has 2 aromatic carbocycles. The van der Waals surface area contributed by atoms with Crippen molar-refractivity contribution < 1.29 is 22.5 Å². The number of piperidine rings is 2. The second-order valence-electron chi connectivity index (χ2n) is 9.89. The first-order valence-corrected chi connectivity index (χ1v) is 15.4. The molecule has 2 fully saturated rings. The Labute approximate surface area is 236 Å². The standard InChI is InChI=1S/C27H32BrN5O5S/c1-37-24-9-8-22(39(35,36)33-12-3-2-4-13-33)17-23(24)29-27(34)19-10-14-32(15-11-19)18-25-30-26(31-38-25)20-6-5-7-21(28)16-20/h5-9,16-17,19H,2-4,10-15,18H2,1H3,(H,29,34). The fourth-order valence-electron chi connectivity index (χ4n) is 5.04. The molecule has 10 nitrogen and oxygen atoms in total. The Hall–Kier alpha value is -2.80. The van der Waals surface area contributed by atoms with E-state index in [1.165, 1.54) is 23.5 Å². The largest absolute Gasteiger partial charge is 0.495 e. The third-order valence-corrected chi connectivity index (χ3v) is 9.64. The normalized spacial score (nSPS) is 17.7. The first-order chi connectivity index (χ1) is 18.8. The van der Waals surface area contributed by atoms with Crippen molar-refractivity contribution >= 4 is 37.5 Å². The van der Waals surface area contributed by atoms with Crippen molar-refractivity contribution in [1.29, 1.82) is 0 Å². The summed E-state index contributed by atoms with van der Waals surface area (Å²) in [5.41, 5.74) is 1.24. The van der Waals surface area contributed by atoms with Crippen molar-refractivity contribution in [2.75, 3.05) is 38.6 Å². The van der Waals surface area contributed by atoms with E-state index in [-0.39, 0.29) is 16.7 Å². The molecule has 2 saturated heterocycles. The molecule has 1 aromatic heterocycles. The van der Waals surface area contributed by atoms with Crippen LogP contribution in [0.2, 0.25) is 0 Å². The van der Waals surface area contributed by atoms with E-state index < -0.39 is 10.0 Å². The van der Waals surface area contributed by atoms with E-state index in [4.69, 9.17) is 9.26 Å². The fourth-order valence-corrected chi connectivity index (χ4v) is 6.99. The number of amides is 1. The number of hydrogen-bond donors (Lipinski definition) is 1. The van der Waals surface area contributed by atoms with Crippen LogP contribution < -0.4 is 10.1 Å². The summed E-state index contributed by atoms with van der Waals surface area (Å²) in [6, 6.07) is 12.4. The molecule has 2 aliphatic rings. The highest BCUT2D eigenvalue weighted by atomic mass is 79.9. The Morgan fingerprint density at radius 1 is 1.10 bits per heavy atom. The Kier molecular flexibility index (Phi) is 8.65. The van der Waals surface area contributed by atoms with Crippen molar-refractivity contribution in [2.24, 2.45) is 5.92 Å². The average Bonchev–Trinajstić information content (AvgIpc) is 3.42. The number of nitrogens with zero attached hydrogens (tertiary/aromatic N) is 4. The van der Waals surface area contributed by atoms with Crippen LogP contribution in [0.25, 0.3) is 11.4 Å². The summed E-state index contributed by atoms with van der Waals surface area (Å²) in [4.78, 5) is 20.0. The zero-order valence-electron chi connectivity index (χ0n) is 21.8. The molecule has 0 spiro atoms. The zero-order chi connectivity index (χ0) is 27.4. The van der Waals surface area contributed by atoms with Gasteiger partial charge in [-0.3, -0.25) is 9.69 Å². The Balaban J connectivity index is 1.19. The number of hydrogen-bond acceptors (Lipinski definition) is 8. The summed E-state index contributed by atoms with van der Waals surface area (Å²) in [7, 11) is -2.13. The highest BCUT2D eigenvalue weighted by Gasteiger charge is 2.29. The van der Waals surface area contributed by atoms with Crippen molar-refractivity contribution in [3.63, 3.8) is 0 Å². The van der Waals surface area contributed by atoms with Crippen molar-refractivity contribution in [1.82, 2.24) is 19.3 Å². The maximum atomic E-state index is 13.2. The van der Waals surface area contributed by atoms with Gasteiger partial charge in [0.05, 0.1) is 24.2 Å². The quantitative estimate of drug-likeness (QED) is 0.392. The molecule has 3 heterocycles. The Morgan fingerprint density at radius 3 is 2.59 bits per heavy atom. The van der Waals surface area contributed by atoms with Gasteiger partial charge in [0.2, 0.25) is 27.6 Å². The first-order valence-electron chi connectivity index (χ1n) is 13.1. The molecule has 0 aliphatic carbocycles. The molecule has 12 heteroatoms. The number of carbonyl (C=O) groups excluding carboxylic acids is 1. The lowest BCUT2D eigenvalue weighted by Gasteiger charge is -2.30. The first kappa shape index (κ1) is 27.8. The van der Waals surface area contributed by atoms with Crippen LogP contribution in [0.1, 0.15) is 38.0 Å². The minimum Gasteiger partial charge on any atom is -0.495 e. The van der Waals surface area contributed by atoms with Gasteiger partial charge in [-0.25, -0.2) is 8.42 Å². The van der Waals surface area contributed by atoms with E-state index in [0.717, 1.165) is 29.3 Å². The minimum atomic E-state index is -3.63. The maximum Gasteiger partial charge on any atom is 0.243 e. The van der Waals surface area contributed by atoms with Crippen molar-refractivity contribution in [3.8, 4) is 17.1 Å². The van der Waals surface area contributed by atoms with Gasteiger partial charge >= 0.3 is 0 Å². The summed E-state index contributed by atoms with van der Waals surface area (Å²) in [5, 5.41) is 7.03. The summed E-state index contributed by atoms with van der Waals surface area (Å²) in [5.74, 6) is 1.16. The molecule has 2 aliphatic heterocycles. The summed E-state index contributed by atoms with van der Waals surface area (Å²) in [6.07, 6.45) is 4.07. The zero-order valence-corrected chi connectivity index (χ0v) is 24.2. The molecule has 39 heavy (non-hydrogen) atoms. The lowest BCUT2D eigenvalue weighted by atomic mass is 9.96. The number of aromatic nitrogens is 2. The van der Waals surface area contributed by atoms with Crippen LogP contribution in [0, 0.1) is 5.92 Å². The van der Waals surface area contributed by atoms with Crippen LogP contribution in [0.3, 0.4) is 0 Å². The van der Waals surface area contributed by atoms with Crippen LogP contribution in [-0.4, -0.2) is 67.0 Å². The number of methoxy groups -OCH3 is 1. The predicted octanol–water partition coefficient (Wildman–Crippen LogP) is 4.53. The number of likely N-dealkylation sites (tertiary alicyclic amines) is 1. The summed E-state index contributed by atoms with van der Waals surface area (Å²) in [6.45, 7) is 2.95. The minimum absolute atomic E-state index is 0.143. The van der Waals surface area contributed by atoms with Gasteiger partial charge in [0.1, 0.15) is 5.75 Å². The van der Waals surface area contributed by atoms with Crippen LogP contribution in [0.15, 0.2) is 56.4 Å². The van der Waals surface area contributed by atoms with E-state index in [9.17, 15) is 13.2 Å². The number of benzene rings is 2. The van der Waals surface area contributed by atoms with Gasteiger partial charge in [-0.05, 0) is 69.1 Å². The van der Waals surface area contributed by atoms with Gasteiger partial charge in [0.25, 0.3) is 0 Å². The van der Waals surface area contributed by atoms with Gasteiger partial charge in [-0.1, -0.05) is 39.6 Å². The van der Waals surface area contributed by atoms with E-state index in [0.29, 0.717) is 68.7 Å². The number of carbonyl (C=O) groups is 1. The molecule has 0 saturated carbocycles. The van der Waals surface area contributed by atoms with Gasteiger partial charge < -0.3 is 14.6 Å². The molecular formula is C27H32BrN5O5S. The van der Waals surface area contributed by atoms with Crippen molar-refractivity contribution in [3.05, 3.63) is 52.8 Å². The van der Waals surface area contributed by atoms with E-state index >= 15 is 0 Å². The monoisotopic (exact) mass is 617 g/mol. The fraction of sp³-hybridized carbons (Fsp3) is 0.444. The van der Waals surface area contributed by atoms with E-state index in [2.05, 4.69) is 36.3 Å². The highest BCUT2D eigenvalue weighted by molar-refractivity contribution is 9.10. The summed E-state index contributed by atoms with van der Waals surface area (Å²) < 4.78 is 39.6. The molecule has 1 amide bonds. The second kappa shape index (κ2) is 12.2. The lowest BCUT2D eigenvalue weighted by Crippen LogP contribution is -2.38. The summed E-state index contributed by atoms with van der Waals surface area (Å²) >= 11 is 3.46. The van der Waals surface area contributed by atoms with Crippen LogP contribution in [0.5, 0.6) is 5.75 Å². The third-order valence-electron chi connectivity index (χ3n) is 7.25. The number of nitrogens with one attached hydrogen (secondary N) is 1. The molecule has 208 valence electrons. The smallest absolute Gasteiger partial charge is 0.243 e. The molecule has 5 rings (SSSR count). The van der Waals surface area contributed by atoms with E-state index in [1.807, 2.05) is 24.3 Å². The topological polar surface area (TPSA) is 118 Å². The SMILES string of the molecule is COc1ccc(S(=O)(=O)N2CCCCC2)cc1NC(=O)C1CCN(Cc2nc(-c3cccc(Br)c3)no2)CC1. The van der Waals surface area contributed by atoms with Gasteiger partial charge in [0, 0.05) is 29.0 Å². The van der Waals surface area contributed by atoms with Crippen molar-refractivity contribution in [2.45, 2.75) is 43.5 Å². The molecular weight excluding hydrogens is 586 g/mol. The van der Waals surface area contributed by atoms with E-state index in [1.54, 1.807) is 6.07 Å². The molecule has 3 aromatic rings. The third kappa shape index (κ3) is 6.51. The molecule has 0 radical (unpaired) electrons. The number of sulfonamides is 1. The van der Waals surface area contributed by atoms with Crippen LogP contribution in [-0.2, 0) is 21.4 Å². The number of halogens is 1. The Bertz CT molecular complexity index is 1420. The lowest BCUT2D eigenvalue weighted by molar-refractivity contribution is -0.121. The second-order valence-corrected chi connectivity index (χ2v) is 12.7. The molecule has 1 N–H and O–H groups in total. The average molecular weight is 619 g/mol. The van der Waals surface area contributed by atoms with Gasteiger partial charge in [0.15, 0.2) is 0 Å². The van der Waals surface area contributed by atoms with Crippen LogP contribution in [0.4, 0.5) is 5.69 Å². The predicted molar refractivity (Wildman–Crippen MR) is 150 cm³/mol. The molecule has 0 bridgehead atoms. The molecule has 0 unspecified atom stereocenters. The highest BCUT2D eigenvalue weighted by Crippen LogP contribution is 2.31. The number of ether oxygens (including phenoxy) is 1. The number of anilines is 1. The molecule has 0 atom stereocenters. The van der Waals surface area contributed by atoms with Gasteiger partial charge in [-0.15, -0.1) is 0 Å². The Morgan fingerprint density at radius 2 is 1.87 bits per heavy atom. The number of rotatable bonds is 8.